The predicted molar refractivity (Wildman–Crippen MR) is 70.8 cm³/mol. The lowest BCUT2D eigenvalue weighted by atomic mass is 10.2. The van der Waals surface area contributed by atoms with Crippen molar-refractivity contribution in [2.45, 2.75) is 24.7 Å². The second-order valence-electron chi connectivity index (χ2n) is 4.58. The molecule has 0 radical (unpaired) electrons. The number of benzene rings is 1. The summed E-state index contributed by atoms with van der Waals surface area (Å²) in [5.74, 6) is 1.27. The molecule has 96 valence electrons. The third-order valence-corrected chi connectivity index (χ3v) is 3.86. The van der Waals surface area contributed by atoms with Crippen molar-refractivity contribution in [2.24, 2.45) is 0 Å². The summed E-state index contributed by atoms with van der Waals surface area (Å²) in [4.78, 5) is 4.64. The van der Waals surface area contributed by atoms with Crippen LogP contribution in [0, 0.1) is 0 Å². The number of hydrogen-bond donors (Lipinski definition) is 0. The highest BCUT2D eigenvalue weighted by Gasteiger charge is 2.10. The lowest BCUT2D eigenvalue weighted by Gasteiger charge is -2.10. The van der Waals surface area contributed by atoms with Crippen molar-refractivity contribution in [2.75, 3.05) is 6.26 Å². The third-order valence-electron chi connectivity index (χ3n) is 2.73. The van der Waals surface area contributed by atoms with Crippen molar-refractivity contribution in [1.82, 2.24) is 9.55 Å². The van der Waals surface area contributed by atoms with Crippen LogP contribution in [-0.4, -0.2) is 24.2 Å². The van der Waals surface area contributed by atoms with Crippen LogP contribution in [0.4, 0.5) is 0 Å². The van der Waals surface area contributed by atoms with Crippen LogP contribution in [0.5, 0.6) is 0 Å². The molecule has 0 atom stereocenters. The molecule has 2 aromatic rings. The zero-order valence-corrected chi connectivity index (χ0v) is 11.5. The summed E-state index contributed by atoms with van der Waals surface area (Å²) >= 11 is 0. The van der Waals surface area contributed by atoms with Gasteiger partial charge in [-0.1, -0.05) is 13.8 Å². The summed E-state index contributed by atoms with van der Waals surface area (Å²) in [6, 6.07) is 6.83. The molecule has 2 rings (SSSR count). The average molecular weight is 264 g/mol. The molecule has 18 heavy (non-hydrogen) atoms. The molecule has 4 nitrogen and oxygen atoms in total. The van der Waals surface area contributed by atoms with Crippen molar-refractivity contribution >= 4 is 9.84 Å². The lowest BCUT2D eigenvalue weighted by Crippen LogP contribution is -2.03. The van der Waals surface area contributed by atoms with E-state index < -0.39 is 9.84 Å². The molecule has 0 aliphatic rings. The monoisotopic (exact) mass is 264 g/mol. The standard InChI is InChI=1S/C13H16N2O2S/c1-10(2)13-14-8-9-15(13)11-4-6-12(7-5-11)18(3,16)17/h4-10H,1-3H3. The molecule has 0 saturated heterocycles. The fourth-order valence-electron chi connectivity index (χ4n) is 1.81. The van der Waals surface area contributed by atoms with Crippen molar-refractivity contribution in [3.63, 3.8) is 0 Å². The Hall–Kier alpha value is -1.62. The minimum atomic E-state index is -3.14. The molecule has 0 N–H and O–H groups in total. The fraction of sp³-hybridized carbons (Fsp3) is 0.308. The Morgan fingerprint density at radius 3 is 2.28 bits per heavy atom. The summed E-state index contributed by atoms with van der Waals surface area (Å²) in [5.41, 5.74) is 0.920. The maximum absolute atomic E-state index is 11.4. The number of nitrogens with zero attached hydrogens (tertiary/aromatic N) is 2. The normalized spacial score (nSPS) is 12.0. The van der Waals surface area contributed by atoms with Crippen molar-refractivity contribution < 1.29 is 8.42 Å². The maximum atomic E-state index is 11.4. The highest BCUT2D eigenvalue weighted by atomic mass is 32.2. The van der Waals surface area contributed by atoms with E-state index in [2.05, 4.69) is 18.8 Å². The molecule has 0 spiro atoms. The number of aromatic nitrogens is 2. The van der Waals surface area contributed by atoms with Gasteiger partial charge in [-0.25, -0.2) is 13.4 Å². The fourth-order valence-corrected chi connectivity index (χ4v) is 2.44. The Morgan fingerprint density at radius 1 is 1.17 bits per heavy atom. The highest BCUT2D eigenvalue weighted by Crippen LogP contribution is 2.19. The summed E-state index contributed by atoms with van der Waals surface area (Å²) in [6.45, 7) is 4.15. The van der Waals surface area contributed by atoms with Gasteiger partial charge in [0.2, 0.25) is 0 Å². The molecule has 0 fully saturated rings. The molecule has 5 heteroatoms. The Bertz CT molecular complexity index is 640. The third kappa shape index (κ3) is 2.46. The van der Waals surface area contributed by atoms with Gasteiger partial charge in [-0.3, -0.25) is 0 Å². The Kier molecular flexibility index (Phi) is 3.26. The molecule has 0 aliphatic heterocycles. The second kappa shape index (κ2) is 4.57. The largest absolute Gasteiger partial charge is 0.304 e. The molecule has 1 aromatic heterocycles. The van der Waals surface area contributed by atoms with Crippen LogP contribution in [0.3, 0.4) is 0 Å². The summed E-state index contributed by atoms with van der Waals surface area (Å²) in [6.07, 6.45) is 4.84. The van der Waals surface area contributed by atoms with Gasteiger partial charge in [-0.2, -0.15) is 0 Å². The molecule has 1 aromatic carbocycles. The molecule has 0 aliphatic carbocycles. The minimum Gasteiger partial charge on any atom is -0.304 e. The first-order chi connectivity index (χ1) is 8.39. The minimum absolute atomic E-state index is 0.314. The first-order valence-corrected chi connectivity index (χ1v) is 7.62. The maximum Gasteiger partial charge on any atom is 0.175 e. The van der Waals surface area contributed by atoms with Crippen LogP contribution in [0.1, 0.15) is 25.6 Å². The molecule has 0 bridgehead atoms. The van der Waals surface area contributed by atoms with Crippen molar-refractivity contribution in [3.05, 3.63) is 42.5 Å². The van der Waals surface area contributed by atoms with Gasteiger partial charge in [0.25, 0.3) is 0 Å². The van der Waals surface area contributed by atoms with Gasteiger partial charge in [-0.05, 0) is 24.3 Å². The van der Waals surface area contributed by atoms with E-state index >= 15 is 0 Å². The second-order valence-corrected chi connectivity index (χ2v) is 6.59. The van der Waals surface area contributed by atoms with E-state index in [4.69, 9.17) is 0 Å². The Balaban J connectivity index is 2.44. The Labute approximate surface area is 107 Å². The van der Waals surface area contributed by atoms with Crippen LogP contribution in [-0.2, 0) is 9.84 Å². The zero-order chi connectivity index (χ0) is 13.3. The van der Waals surface area contributed by atoms with Gasteiger partial charge in [0, 0.05) is 30.3 Å². The first kappa shape index (κ1) is 12.8. The molecule has 0 unspecified atom stereocenters. The van der Waals surface area contributed by atoms with E-state index in [1.807, 2.05) is 10.8 Å². The number of hydrogen-bond acceptors (Lipinski definition) is 3. The first-order valence-electron chi connectivity index (χ1n) is 5.73. The highest BCUT2D eigenvalue weighted by molar-refractivity contribution is 7.90. The lowest BCUT2D eigenvalue weighted by molar-refractivity contribution is 0.602. The van der Waals surface area contributed by atoms with Crippen LogP contribution in [0.2, 0.25) is 0 Å². The number of rotatable bonds is 3. The van der Waals surface area contributed by atoms with Crippen molar-refractivity contribution in [1.29, 1.82) is 0 Å². The zero-order valence-electron chi connectivity index (χ0n) is 10.7. The van der Waals surface area contributed by atoms with Gasteiger partial charge < -0.3 is 4.57 Å². The topological polar surface area (TPSA) is 52.0 Å². The summed E-state index contributed by atoms with van der Waals surface area (Å²) in [5, 5.41) is 0. The molecule has 1 heterocycles. The Morgan fingerprint density at radius 2 is 1.78 bits per heavy atom. The van der Waals surface area contributed by atoms with E-state index in [9.17, 15) is 8.42 Å². The van der Waals surface area contributed by atoms with Gasteiger partial charge >= 0.3 is 0 Å². The van der Waals surface area contributed by atoms with E-state index in [0.29, 0.717) is 10.8 Å². The molecular formula is C13H16N2O2S. The number of sulfone groups is 1. The van der Waals surface area contributed by atoms with Gasteiger partial charge in [-0.15, -0.1) is 0 Å². The van der Waals surface area contributed by atoms with Crippen LogP contribution >= 0.6 is 0 Å². The summed E-state index contributed by atoms with van der Waals surface area (Å²) in [7, 11) is -3.14. The van der Waals surface area contributed by atoms with Gasteiger partial charge in [0.15, 0.2) is 9.84 Å². The van der Waals surface area contributed by atoms with E-state index in [-0.39, 0.29) is 0 Å². The van der Waals surface area contributed by atoms with Gasteiger partial charge in [0.1, 0.15) is 5.82 Å². The predicted octanol–water partition coefficient (Wildman–Crippen LogP) is 2.40. The number of imidazole rings is 1. The van der Waals surface area contributed by atoms with Crippen molar-refractivity contribution in [3.8, 4) is 5.69 Å². The molecular weight excluding hydrogens is 248 g/mol. The van der Waals surface area contributed by atoms with E-state index in [1.54, 1.807) is 30.5 Å². The van der Waals surface area contributed by atoms with E-state index in [0.717, 1.165) is 11.5 Å². The van der Waals surface area contributed by atoms with Crippen LogP contribution < -0.4 is 0 Å². The average Bonchev–Trinajstić information content (AvgIpc) is 2.77. The molecule has 0 saturated carbocycles. The molecule has 0 amide bonds. The van der Waals surface area contributed by atoms with Crippen LogP contribution in [0.15, 0.2) is 41.6 Å². The van der Waals surface area contributed by atoms with E-state index in [1.165, 1.54) is 6.26 Å². The summed E-state index contributed by atoms with van der Waals surface area (Å²) < 4.78 is 24.7. The van der Waals surface area contributed by atoms with Gasteiger partial charge in [0.05, 0.1) is 4.90 Å². The quantitative estimate of drug-likeness (QED) is 0.855. The smallest absolute Gasteiger partial charge is 0.175 e. The van der Waals surface area contributed by atoms with Crippen LogP contribution in [0.25, 0.3) is 5.69 Å². The SMILES string of the molecule is CC(C)c1nccn1-c1ccc(S(C)(=O)=O)cc1.